The number of fused-ring (bicyclic) bond motifs is 1. The first kappa shape index (κ1) is 20.0. The molecule has 146 valence electrons. The van der Waals surface area contributed by atoms with E-state index in [1.165, 1.54) is 0 Å². The Labute approximate surface area is 168 Å². The summed E-state index contributed by atoms with van der Waals surface area (Å²) >= 11 is 0. The van der Waals surface area contributed by atoms with Crippen molar-refractivity contribution in [1.29, 1.82) is 0 Å². The molecule has 0 unspecified atom stereocenters. The summed E-state index contributed by atoms with van der Waals surface area (Å²) in [5, 5.41) is 11.2. The van der Waals surface area contributed by atoms with Crippen LogP contribution in [-0.4, -0.2) is 22.1 Å². The zero-order valence-corrected chi connectivity index (χ0v) is 16.2. The fourth-order valence-corrected chi connectivity index (χ4v) is 3.70. The van der Waals surface area contributed by atoms with E-state index in [0.29, 0.717) is 11.1 Å². The summed E-state index contributed by atoms with van der Waals surface area (Å²) in [6, 6.07) is 15.1. The Bertz CT molecular complexity index is 1040. The van der Waals surface area contributed by atoms with E-state index in [1.54, 1.807) is 6.07 Å². The van der Waals surface area contributed by atoms with Crippen LogP contribution in [0.5, 0.6) is 0 Å². The van der Waals surface area contributed by atoms with Crippen LogP contribution in [0.2, 0.25) is 0 Å². The van der Waals surface area contributed by atoms with E-state index in [9.17, 15) is 9.59 Å². The predicted molar refractivity (Wildman–Crippen MR) is 114 cm³/mol. The van der Waals surface area contributed by atoms with Crippen LogP contribution in [0.25, 0.3) is 22.0 Å². The second-order valence-electron chi connectivity index (χ2n) is 7.13. The van der Waals surface area contributed by atoms with Gasteiger partial charge in [0.1, 0.15) is 0 Å². The molecule has 0 radical (unpaired) electrons. The largest absolute Gasteiger partial charge is 0.328 e. The predicted octanol–water partition coefficient (Wildman–Crippen LogP) is 3.47. The highest BCUT2D eigenvalue weighted by atomic mass is 35.5. The van der Waals surface area contributed by atoms with Crippen LogP contribution < -0.4 is 16.6 Å². The first-order chi connectivity index (χ1) is 13.1. The second kappa shape index (κ2) is 8.54. The van der Waals surface area contributed by atoms with E-state index in [2.05, 4.69) is 15.5 Å². The van der Waals surface area contributed by atoms with Crippen LogP contribution in [0.3, 0.4) is 0 Å². The van der Waals surface area contributed by atoms with Gasteiger partial charge in [-0.25, -0.2) is 5.10 Å². The van der Waals surface area contributed by atoms with Crippen molar-refractivity contribution in [2.45, 2.75) is 31.7 Å². The number of nitrogens with two attached hydrogens (primary N) is 1. The standard InChI is InChI=1S/C21H22N4O2.ClH/c22-15-10-8-13(9-11-15)20(26)23-16-5-3-4-14(12-16)19-17-6-1-2-7-18(17)21(27)25-24-19;/h1-7,12-13,15H,8-11,22H2,(H,23,26)(H,25,27);1H. The lowest BCUT2D eigenvalue weighted by atomic mass is 9.86. The number of carbonyl (C=O) groups excluding carboxylic acids is 1. The average Bonchev–Trinajstić information content (AvgIpc) is 2.69. The number of hydrogen-bond donors (Lipinski definition) is 3. The van der Waals surface area contributed by atoms with Gasteiger partial charge in [-0.2, -0.15) is 5.10 Å². The number of benzene rings is 2. The van der Waals surface area contributed by atoms with Gasteiger partial charge in [0.15, 0.2) is 0 Å². The van der Waals surface area contributed by atoms with Crippen LogP contribution in [0.1, 0.15) is 25.7 Å². The molecular formula is C21H23ClN4O2. The smallest absolute Gasteiger partial charge is 0.272 e. The molecule has 1 amide bonds. The molecule has 0 bridgehead atoms. The van der Waals surface area contributed by atoms with Crippen molar-refractivity contribution in [2.75, 3.05) is 5.32 Å². The van der Waals surface area contributed by atoms with Gasteiger partial charge in [0.25, 0.3) is 5.56 Å². The molecular weight excluding hydrogens is 376 g/mol. The van der Waals surface area contributed by atoms with Crippen LogP contribution in [0.4, 0.5) is 5.69 Å². The lowest BCUT2D eigenvalue weighted by Gasteiger charge is -2.25. The molecule has 1 aromatic heterocycles. The number of aromatic amines is 1. The fourth-order valence-electron chi connectivity index (χ4n) is 3.70. The van der Waals surface area contributed by atoms with E-state index in [-0.39, 0.29) is 35.8 Å². The molecule has 2 aromatic carbocycles. The molecule has 7 heteroatoms. The highest BCUT2D eigenvalue weighted by Gasteiger charge is 2.24. The Kier molecular flexibility index (Phi) is 6.11. The normalized spacial score (nSPS) is 19.0. The molecule has 4 N–H and O–H groups in total. The number of aromatic nitrogens is 2. The molecule has 0 atom stereocenters. The molecule has 0 spiro atoms. The first-order valence-electron chi connectivity index (χ1n) is 9.26. The van der Waals surface area contributed by atoms with Gasteiger partial charge in [-0.3, -0.25) is 9.59 Å². The van der Waals surface area contributed by atoms with Crippen molar-refractivity contribution >= 4 is 34.8 Å². The van der Waals surface area contributed by atoms with Crippen LogP contribution in [0.15, 0.2) is 53.3 Å². The second-order valence-corrected chi connectivity index (χ2v) is 7.13. The molecule has 0 saturated heterocycles. The molecule has 1 heterocycles. The van der Waals surface area contributed by atoms with Gasteiger partial charge in [-0.1, -0.05) is 30.3 Å². The molecule has 3 aromatic rings. The maximum absolute atomic E-state index is 12.6. The summed E-state index contributed by atoms with van der Waals surface area (Å²) in [4.78, 5) is 24.6. The summed E-state index contributed by atoms with van der Waals surface area (Å²) in [7, 11) is 0. The minimum atomic E-state index is -0.214. The van der Waals surface area contributed by atoms with Gasteiger partial charge < -0.3 is 11.1 Å². The Balaban J connectivity index is 0.00000225. The third-order valence-electron chi connectivity index (χ3n) is 5.24. The van der Waals surface area contributed by atoms with E-state index in [1.807, 2.05) is 42.5 Å². The Morgan fingerprint density at radius 3 is 2.50 bits per heavy atom. The zero-order valence-electron chi connectivity index (χ0n) is 15.4. The van der Waals surface area contributed by atoms with Gasteiger partial charge in [0, 0.05) is 28.6 Å². The molecule has 1 aliphatic rings. The number of nitrogens with one attached hydrogen (secondary N) is 2. The number of halogens is 1. The minimum absolute atomic E-state index is 0. The van der Waals surface area contributed by atoms with Crippen LogP contribution >= 0.6 is 12.4 Å². The molecule has 6 nitrogen and oxygen atoms in total. The van der Waals surface area contributed by atoms with Crippen LogP contribution in [-0.2, 0) is 4.79 Å². The molecule has 1 aliphatic carbocycles. The maximum atomic E-state index is 12.6. The lowest BCUT2D eigenvalue weighted by molar-refractivity contribution is -0.120. The third-order valence-corrected chi connectivity index (χ3v) is 5.24. The zero-order chi connectivity index (χ0) is 18.8. The van der Waals surface area contributed by atoms with E-state index in [0.717, 1.165) is 42.3 Å². The Morgan fingerprint density at radius 2 is 1.75 bits per heavy atom. The van der Waals surface area contributed by atoms with E-state index >= 15 is 0 Å². The van der Waals surface area contributed by atoms with Gasteiger partial charge in [0.2, 0.25) is 5.91 Å². The van der Waals surface area contributed by atoms with Gasteiger partial charge in [0.05, 0.1) is 11.1 Å². The number of amides is 1. The van der Waals surface area contributed by atoms with Gasteiger partial charge in [-0.15, -0.1) is 12.4 Å². The number of carbonyl (C=O) groups is 1. The summed E-state index contributed by atoms with van der Waals surface area (Å²) in [5.41, 5.74) is 7.96. The van der Waals surface area contributed by atoms with Crippen molar-refractivity contribution in [3.8, 4) is 11.3 Å². The van der Waals surface area contributed by atoms with Crippen molar-refractivity contribution < 1.29 is 4.79 Å². The minimum Gasteiger partial charge on any atom is -0.328 e. The van der Waals surface area contributed by atoms with Crippen LogP contribution in [0, 0.1) is 5.92 Å². The fraction of sp³-hybridized carbons (Fsp3) is 0.286. The highest BCUT2D eigenvalue weighted by molar-refractivity contribution is 5.96. The molecule has 28 heavy (non-hydrogen) atoms. The van der Waals surface area contributed by atoms with Gasteiger partial charge in [-0.05, 0) is 43.9 Å². The summed E-state index contributed by atoms with van der Waals surface area (Å²) in [5.74, 6) is 0.0545. The molecule has 0 aliphatic heterocycles. The number of nitrogens with zero attached hydrogens (tertiary/aromatic N) is 1. The molecule has 4 rings (SSSR count). The number of rotatable bonds is 3. The number of hydrogen-bond acceptors (Lipinski definition) is 4. The van der Waals surface area contributed by atoms with Crippen molar-refractivity contribution in [2.24, 2.45) is 11.7 Å². The van der Waals surface area contributed by atoms with Crippen molar-refractivity contribution in [3.63, 3.8) is 0 Å². The summed E-state index contributed by atoms with van der Waals surface area (Å²) in [6.45, 7) is 0. The topological polar surface area (TPSA) is 101 Å². The maximum Gasteiger partial charge on any atom is 0.272 e. The molecule has 1 fully saturated rings. The third kappa shape index (κ3) is 4.08. The number of H-pyrrole nitrogens is 1. The number of anilines is 1. The van der Waals surface area contributed by atoms with Crippen molar-refractivity contribution in [3.05, 3.63) is 58.9 Å². The summed E-state index contributed by atoms with van der Waals surface area (Å²) < 4.78 is 0. The van der Waals surface area contributed by atoms with Crippen molar-refractivity contribution in [1.82, 2.24) is 10.2 Å². The first-order valence-corrected chi connectivity index (χ1v) is 9.26. The SMILES string of the molecule is Cl.NC1CCC(C(=O)Nc2cccc(-c3n[nH]c(=O)c4ccccc34)c2)CC1. The Hall–Kier alpha value is -2.70. The quantitative estimate of drug-likeness (QED) is 0.628. The van der Waals surface area contributed by atoms with E-state index < -0.39 is 0 Å². The van der Waals surface area contributed by atoms with Gasteiger partial charge >= 0.3 is 0 Å². The summed E-state index contributed by atoms with van der Waals surface area (Å²) in [6.07, 6.45) is 3.45. The Morgan fingerprint density at radius 1 is 1.04 bits per heavy atom. The monoisotopic (exact) mass is 398 g/mol. The highest BCUT2D eigenvalue weighted by Crippen LogP contribution is 2.28. The molecule has 1 saturated carbocycles. The average molecular weight is 399 g/mol. The van der Waals surface area contributed by atoms with E-state index in [4.69, 9.17) is 5.73 Å². The lowest BCUT2D eigenvalue weighted by Crippen LogP contribution is -2.32.